The van der Waals surface area contributed by atoms with Gasteiger partial charge in [0.2, 0.25) is 5.91 Å². The maximum absolute atomic E-state index is 14.4. The van der Waals surface area contributed by atoms with Crippen LogP contribution in [0.3, 0.4) is 0 Å². The molecule has 2 amide bonds. The van der Waals surface area contributed by atoms with E-state index in [0.717, 1.165) is 37.0 Å². The molecule has 1 aliphatic heterocycles. The van der Waals surface area contributed by atoms with Crippen LogP contribution in [0.2, 0.25) is 0 Å². The van der Waals surface area contributed by atoms with Gasteiger partial charge in [-0.15, -0.1) is 0 Å². The zero-order valence-corrected chi connectivity index (χ0v) is 13.5. The quantitative estimate of drug-likeness (QED) is 0.794. The predicted octanol–water partition coefficient (Wildman–Crippen LogP) is 3.75. The van der Waals surface area contributed by atoms with Crippen LogP contribution < -0.4 is 9.64 Å². The Kier molecular flexibility index (Phi) is 3.87. The maximum atomic E-state index is 14.4. The Hall–Kier alpha value is -2.17. The first-order valence-corrected chi connectivity index (χ1v) is 8.68. The lowest BCUT2D eigenvalue weighted by Gasteiger charge is -2.33. The van der Waals surface area contributed by atoms with Crippen LogP contribution in [0.4, 0.5) is 10.1 Å². The largest absolute Gasteiger partial charge is 0.490 e. The van der Waals surface area contributed by atoms with Gasteiger partial charge in [-0.2, -0.15) is 0 Å². The summed E-state index contributed by atoms with van der Waals surface area (Å²) in [6, 6.07) is 4.33. The van der Waals surface area contributed by atoms with Crippen LogP contribution >= 0.6 is 0 Å². The van der Waals surface area contributed by atoms with Crippen LogP contribution in [0, 0.1) is 11.7 Å². The van der Waals surface area contributed by atoms with E-state index in [-0.39, 0.29) is 23.6 Å². The predicted molar refractivity (Wildman–Crippen MR) is 87.2 cm³/mol. The Labute approximate surface area is 140 Å². The molecule has 126 valence electrons. The van der Waals surface area contributed by atoms with E-state index in [2.05, 4.69) is 0 Å². The summed E-state index contributed by atoms with van der Waals surface area (Å²) < 4.78 is 20.3. The summed E-state index contributed by atoms with van der Waals surface area (Å²) in [5.74, 6) is -1.10. The summed E-state index contributed by atoms with van der Waals surface area (Å²) in [7, 11) is 0. The van der Waals surface area contributed by atoms with Gasteiger partial charge >= 0.3 is 0 Å². The summed E-state index contributed by atoms with van der Waals surface area (Å²) in [6.45, 7) is 0. The van der Waals surface area contributed by atoms with Crippen molar-refractivity contribution in [2.75, 3.05) is 4.90 Å². The van der Waals surface area contributed by atoms with Gasteiger partial charge in [-0.25, -0.2) is 9.29 Å². The molecule has 1 aromatic carbocycles. The van der Waals surface area contributed by atoms with Gasteiger partial charge in [0.15, 0.2) is 0 Å². The Bertz CT molecular complexity index is 721. The Morgan fingerprint density at radius 3 is 2.67 bits per heavy atom. The highest BCUT2D eigenvalue weighted by atomic mass is 19.1. The van der Waals surface area contributed by atoms with Crippen LogP contribution in [0.5, 0.6) is 5.75 Å². The zero-order chi connectivity index (χ0) is 16.7. The molecule has 0 radical (unpaired) electrons. The molecule has 3 aliphatic rings. The minimum atomic E-state index is -0.573. The molecule has 4 nitrogen and oxygen atoms in total. The molecule has 1 fully saturated rings. The smallest absolute Gasteiger partial charge is 0.260 e. The molecule has 4 rings (SSSR count). The molecule has 24 heavy (non-hydrogen) atoms. The van der Waals surface area contributed by atoms with Crippen molar-refractivity contribution in [1.29, 1.82) is 0 Å². The topological polar surface area (TPSA) is 46.6 Å². The third-order valence-corrected chi connectivity index (χ3v) is 5.14. The van der Waals surface area contributed by atoms with Crippen LogP contribution in [0.25, 0.3) is 0 Å². The van der Waals surface area contributed by atoms with Gasteiger partial charge in [0.25, 0.3) is 5.91 Å². The molecule has 1 unspecified atom stereocenters. The average molecular weight is 329 g/mol. The van der Waals surface area contributed by atoms with E-state index in [0.29, 0.717) is 24.2 Å². The Morgan fingerprint density at radius 2 is 1.88 bits per heavy atom. The lowest BCUT2D eigenvalue weighted by atomic mass is 9.85. The number of hydrogen-bond acceptors (Lipinski definition) is 3. The van der Waals surface area contributed by atoms with E-state index in [1.807, 2.05) is 0 Å². The summed E-state index contributed by atoms with van der Waals surface area (Å²) in [5, 5.41) is 0. The Balaban J connectivity index is 1.66. The molecule has 1 aromatic rings. The van der Waals surface area contributed by atoms with Crippen LogP contribution in [0.15, 0.2) is 29.8 Å². The van der Waals surface area contributed by atoms with Crippen LogP contribution in [0.1, 0.15) is 44.9 Å². The summed E-state index contributed by atoms with van der Waals surface area (Å²) in [6.07, 6.45) is 8.33. The molecule has 1 heterocycles. The van der Waals surface area contributed by atoms with Crippen molar-refractivity contribution in [3.05, 3.63) is 35.7 Å². The first kappa shape index (κ1) is 15.4. The van der Waals surface area contributed by atoms with Crippen molar-refractivity contribution in [2.24, 2.45) is 5.92 Å². The number of carbonyl (C=O) groups is 2. The van der Waals surface area contributed by atoms with Crippen molar-refractivity contribution in [3.8, 4) is 5.75 Å². The molecule has 1 atom stereocenters. The molecule has 0 N–H and O–H groups in total. The number of amides is 2. The number of hydrogen-bond donors (Lipinski definition) is 0. The second-order valence-electron chi connectivity index (χ2n) is 6.81. The first-order chi connectivity index (χ1) is 11.6. The van der Waals surface area contributed by atoms with Gasteiger partial charge in [-0.05, 0) is 57.1 Å². The highest BCUT2D eigenvalue weighted by Gasteiger charge is 2.39. The first-order valence-electron chi connectivity index (χ1n) is 8.68. The minimum Gasteiger partial charge on any atom is -0.490 e. The number of carbonyl (C=O) groups excluding carboxylic acids is 2. The molecule has 2 bridgehead atoms. The van der Waals surface area contributed by atoms with Crippen molar-refractivity contribution in [3.63, 3.8) is 0 Å². The highest BCUT2D eigenvalue weighted by Crippen LogP contribution is 2.36. The number of halogens is 1. The Morgan fingerprint density at radius 1 is 1.08 bits per heavy atom. The number of anilines is 1. The van der Waals surface area contributed by atoms with Crippen LogP contribution in [-0.4, -0.2) is 17.9 Å². The van der Waals surface area contributed by atoms with E-state index < -0.39 is 11.7 Å². The van der Waals surface area contributed by atoms with Crippen LogP contribution in [-0.2, 0) is 9.59 Å². The molecule has 0 spiro atoms. The average Bonchev–Trinajstić information content (AvgIpc) is 3.09. The van der Waals surface area contributed by atoms with E-state index in [1.54, 1.807) is 12.1 Å². The normalized spacial score (nSPS) is 24.3. The molecular formula is C19H20FNO3. The van der Waals surface area contributed by atoms with E-state index in [4.69, 9.17) is 4.74 Å². The summed E-state index contributed by atoms with van der Waals surface area (Å²) in [5.41, 5.74) is 0.630. The number of ether oxygens (including phenoxy) is 1. The van der Waals surface area contributed by atoms with Crippen molar-refractivity contribution in [2.45, 2.75) is 51.0 Å². The fraction of sp³-hybridized carbons (Fsp3) is 0.474. The maximum Gasteiger partial charge on any atom is 0.260 e. The highest BCUT2D eigenvalue weighted by molar-refractivity contribution is 6.24. The van der Waals surface area contributed by atoms with Crippen molar-refractivity contribution >= 4 is 17.5 Å². The van der Waals surface area contributed by atoms with Gasteiger partial charge < -0.3 is 4.74 Å². The van der Waals surface area contributed by atoms with E-state index in [9.17, 15) is 14.0 Å². The summed E-state index contributed by atoms with van der Waals surface area (Å²) >= 11 is 0. The third-order valence-electron chi connectivity index (χ3n) is 5.14. The van der Waals surface area contributed by atoms with E-state index >= 15 is 0 Å². The number of imide groups is 1. The zero-order valence-electron chi connectivity index (χ0n) is 13.5. The molecule has 0 aromatic heterocycles. The van der Waals surface area contributed by atoms with Gasteiger partial charge in [0.05, 0.1) is 17.7 Å². The third kappa shape index (κ3) is 2.62. The molecule has 2 aliphatic carbocycles. The molecule has 0 saturated heterocycles. The van der Waals surface area contributed by atoms with Gasteiger partial charge in [0.1, 0.15) is 11.6 Å². The molecule has 1 saturated carbocycles. The fourth-order valence-electron chi connectivity index (χ4n) is 3.87. The number of benzene rings is 1. The van der Waals surface area contributed by atoms with E-state index in [1.165, 1.54) is 12.1 Å². The van der Waals surface area contributed by atoms with Gasteiger partial charge in [0, 0.05) is 11.6 Å². The fourth-order valence-corrected chi connectivity index (χ4v) is 3.87. The lowest BCUT2D eigenvalue weighted by molar-refractivity contribution is -0.128. The second kappa shape index (κ2) is 6.04. The second-order valence-corrected chi connectivity index (χ2v) is 6.81. The van der Waals surface area contributed by atoms with Crippen molar-refractivity contribution in [1.82, 2.24) is 0 Å². The lowest BCUT2D eigenvalue weighted by Crippen LogP contribution is -2.46. The van der Waals surface area contributed by atoms with Crippen molar-refractivity contribution < 1.29 is 18.7 Å². The molecule has 5 heteroatoms. The molecular weight excluding hydrogens is 309 g/mol. The SMILES string of the molecule is O=C1C2=CC(CCC2)C(=O)N1c1cc(OC2CCCC2)ccc1F. The number of nitrogens with zero attached hydrogens (tertiary/aromatic N) is 1. The number of rotatable bonds is 3. The monoisotopic (exact) mass is 329 g/mol. The van der Waals surface area contributed by atoms with Gasteiger partial charge in [-0.3, -0.25) is 9.59 Å². The summed E-state index contributed by atoms with van der Waals surface area (Å²) in [4.78, 5) is 26.2. The minimum absolute atomic E-state index is 0.0120. The van der Waals surface area contributed by atoms with Gasteiger partial charge in [-0.1, -0.05) is 6.08 Å². The standard InChI is InChI=1S/C19H20FNO3/c20-16-9-8-15(24-14-6-1-2-7-14)11-17(16)21-18(22)12-4-3-5-13(10-12)19(21)23/h8-12,14H,1-7H2. The number of fused-ring (bicyclic) bond motifs is 1.